The highest BCUT2D eigenvalue weighted by molar-refractivity contribution is 9.10. The molecule has 0 heterocycles. The van der Waals surface area contributed by atoms with Gasteiger partial charge in [0.15, 0.2) is 5.78 Å². The second-order valence-electron chi connectivity index (χ2n) is 8.23. The minimum atomic E-state index is 0.183. The van der Waals surface area contributed by atoms with E-state index in [1.165, 1.54) is 0 Å². The third-order valence-electron chi connectivity index (χ3n) is 5.91. The predicted octanol–water partition coefficient (Wildman–Crippen LogP) is 8.09. The number of Topliss-reactive ketones (excluding diaryl/α,β-unsaturated/α-hetero) is 1. The van der Waals surface area contributed by atoms with Gasteiger partial charge in [0.2, 0.25) is 0 Å². The van der Waals surface area contributed by atoms with Gasteiger partial charge >= 0.3 is 0 Å². The van der Waals surface area contributed by atoms with Crippen molar-refractivity contribution in [2.45, 2.75) is 40.0 Å². The van der Waals surface area contributed by atoms with Gasteiger partial charge in [-0.2, -0.15) is 0 Å². The van der Waals surface area contributed by atoms with E-state index in [4.69, 9.17) is 0 Å². The van der Waals surface area contributed by atoms with Crippen molar-refractivity contribution in [2.24, 2.45) is 11.3 Å². The van der Waals surface area contributed by atoms with Gasteiger partial charge in [-0.1, -0.05) is 83.3 Å². The molecule has 1 atom stereocenters. The maximum absolute atomic E-state index is 13.3. The standard InChI is InChI=1S/C25H26Br2O/c1-4-25(2,3)21-15-19(11-17-7-5-9-22(26)13-17)24(28)20(16-21)12-18-8-6-10-23(27)14-18/h5-14,21H,4,15-16H2,1-3H3/b19-11-,20-12+. The Morgan fingerprint density at radius 2 is 1.39 bits per heavy atom. The molecule has 1 unspecified atom stereocenters. The average molecular weight is 502 g/mol. The molecule has 0 radical (unpaired) electrons. The van der Waals surface area contributed by atoms with Crippen molar-refractivity contribution in [2.75, 3.05) is 0 Å². The number of ketones is 1. The first-order chi connectivity index (χ1) is 13.3. The highest BCUT2D eigenvalue weighted by atomic mass is 79.9. The van der Waals surface area contributed by atoms with Gasteiger partial charge in [-0.25, -0.2) is 0 Å². The Kier molecular flexibility index (Phi) is 6.77. The topological polar surface area (TPSA) is 17.1 Å². The van der Waals surface area contributed by atoms with Crippen LogP contribution in [0.5, 0.6) is 0 Å². The van der Waals surface area contributed by atoms with Crippen LogP contribution in [0.25, 0.3) is 12.2 Å². The molecule has 2 aromatic rings. The summed E-state index contributed by atoms with van der Waals surface area (Å²) in [6.45, 7) is 6.88. The number of benzene rings is 2. The van der Waals surface area contributed by atoms with Gasteiger partial charge in [0, 0.05) is 20.1 Å². The summed E-state index contributed by atoms with van der Waals surface area (Å²) in [4.78, 5) is 13.3. The summed E-state index contributed by atoms with van der Waals surface area (Å²) in [6.07, 6.45) is 6.91. The SMILES string of the molecule is CCC(C)(C)C1C/C(=C/c2cccc(Br)c2)C(=O)/C(=C/c2cccc(Br)c2)C1. The van der Waals surface area contributed by atoms with Crippen molar-refractivity contribution >= 4 is 49.8 Å². The summed E-state index contributed by atoms with van der Waals surface area (Å²) in [5, 5.41) is 0. The van der Waals surface area contributed by atoms with Gasteiger partial charge in [0.1, 0.15) is 0 Å². The summed E-state index contributed by atoms with van der Waals surface area (Å²) in [5.74, 6) is 0.634. The fourth-order valence-corrected chi connectivity index (χ4v) is 4.51. The Bertz CT molecular complexity index is 870. The first kappa shape index (κ1) is 21.3. The third-order valence-corrected chi connectivity index (χ3v) is 6.90. The van der Waals surface area contributed by atoms with E-state index in [-0.39, 0.29) is 11.2 Å². The smallest absolute Gasteiger partial charge is 0.185 e. The number of carbonyl (C=O) groups excluding carboxylic acids is 1. The first-order valence-corrected chi connectivity index (χ1v) is 11.3. The molecule has 1 fully saturated rings. The second-order valence-corrected chi connectivity index (χ2v) is 10.1. The molecule has 1 aliphatic carbocycles. The quantitative estimate of drug-likeness (QED) is 0.386. The van der Waals surface area contributed by atoms with Crippen LogP contribution in [-0.2, 0) is 4.79 Å². The van der Waals surface area contributed by atoms with E-state index >= 15 is 0 Å². The normalized spacial score (nSPS) is 20.8. The van der Waals surface area contributed by atoms with Crippen molar-refractivity contribution in [3.05, 3.63) is 79.7 Å². The van der Waals surface area contributed by atoms with Crippen molar-refractivity contribution in [1.29, 1.82) is 0 Å². The molecule has 0 N–H and O–H groups in total. The lowest BCUT2D eigenvalue weighted by atomic mass is 9.66. The first-order valence-electron chi connectivity index (χ1n) is 9.75. The molecule has 1 nitrogen and oxygen atoms in total. The van der Waals surface area contributed by atoms with Crippen molar-refractivity contribution in [3.63, 3.8) is 0 Å². The van der Waals surface area contributed by atoms with Crippen LogP contribution in [0, 0.1) is 11.3 Å². The molecule has 3 heteroatoms. The molecule has 146 valence electrons. The van der Waals surface area contributed by atoms with E-state index in [0.29, 0.717) is 5.92 Å². The zero-order valence-corrected chi connectivity index (χ0v) is 19.8. The Labute approximate surface area is 185 Å². The molecule has 0 saturated heterocycles. The molecule has 0 amide bonds. The third kappa shape index (κ3) is 5.12. The van der Waals surface area contributed by atoms with E-state index in [1.54, 1.807) is 0 Å². The monoisotopic (exact) mass is 500 g/mol. The largest absolute Gasteiger partial charge is 0.289 e. The maximum atomic E-state index is 13.3. The predicted molar refractivity (Wildman–Crippen MR) is 126 cm³/mol. The number of hydrogen-bond acceptors (Lipinski definition) is 1. The Balaban J connectivity index is 2.03. The molecule has 0 bridgehead atoms. The number of rotatable bonds is 4. The molecular formula is C25H26Br2O. The van der Waals surface area contributed by atoms with Gasteiger partial charge in [-0.05, 0) is 71.7 Å². The fourth-order valence-electron chi connectivity index (χ4n) is 3.68. The number of hydrogen-bond donors (Lipinski definition) is 0. The van der Waals surface area contributed by atoms with Crippen LogP contribution in [0.1, 0.15) is 51.2 Å². The highest BCUT2D eigenvalue weighted by Crippen LogP contribution is 2.44. The molecule has 0 aliphatic heterocycles. The zero-order chi connectivity index (χ0) is 20.3. The van der Waals surface area contributed by atoms with Crippen LogP contribution in [0.4, 0.5) is 0 Å². The molecule has 1 saturated carbocycles. The number of carbonyl (C=O) groups is 1. The Morgan fingerprint density at radius 3 is 1.79 bits per heavy atom. The molecular weight excluding hydrogens is 476 g/mol. The van der Waals surface area contributed by atoms with Crippen LogP contribution < -0.4 is 0 Å². The molecule has 3 rings (SSSR count). The van der Waals surface area contributed by atoms with Crippen LogP contribution >= 0.6 is 31.9 Å². The highest BCUT2D eigenvalue weighted by Gasteiger charge is 2.36. The number of halogens is 2. The average Bonchev–Trinajstić information content (AvgIpc) is 2.65. The van der Waals surface area contributed by atoms with E-state index < -0.39 is 0 Å². The van der Waals surface area contributed by atoms with E-state index in [9.17, 15) is 4.79 Å². The van der Waals surface area contributed by atoms with Crippen LogP contribution in [-0.4, -0.2) is 5.78 Å². The summed E-state index contributed by atoms with van der Waals surface area (Å²) >= 11 is 7.06. The van der Waals surface area contributed by atoms with Gasteiger partial charge < -0.3 is 0 Å². The Hall–Kier alpha value is -1.45. The lowest BCUT2D eigenvalue weighted by Crippen LogP contribution is -2.30. The van der Waals surface area contributed by atoms with Gasteiger partial charge in [0.25, 0.3) is 0 Å². The van der Waals surface area contributed by atoms with Crippen molar-refractivity contribution in [3.8, 4) is 0 Å². The fraction of sp³-hybridized carbons (Fsp3) is 0.320. The molecule has 0 aromatic heterocycles. The van der Waals surface area contributed by atoms with Crippen LogP contribution in [0.15, 0.2) is 68.6 Å². The Morgan fingerprint density at radius 1 is 0.929 bits per heavy atom. The summed E-state index contributed by atoms with van der Waals surface area (Å²) in [7, 11) is 0. The summed E-state index contributed by atoms with van der Waals surface area (Å²) in [5.41, 5.74) is 4.14. The van der Waals surface area contributed by atoms with Gasteiger partial charge in [-0.3, -0.25) is 4.79 Å². The van der Waals surface area contributed by atoms with Crippen LogP contribution in [0.2, 0.25) is 0 Å². The maximum Gasteiger partial charge on any atom is 0.185 e. The summed E-state index contributed by atoms with van der Waals surface area (Å²) in [6, 6.07) is 16.3. The van der Waals surface area contributed by atoms with E-state index in [2.05, 4.69) is 89.0 Å². The van der Waals surface area contributed by atoms with Crippen molar-refractivity contribution in [1.82, 2.24) is 0 Å². The molecule has 2 aromatic carbocycles. The van der Waals surface area contributed by atoms with Crippen molar-refractivity contribution < 1.29 is 4.79 Å². The van der Waals surface area contributed by atoms with Gasteiger partial charge in [0.05, 0.1) is 0 Å². The zero-order valence-electron chi connectivity index (χ0n) is 16.6. The minimum absolute atomic E-state index is 0.183. The summed E-state index contributed by atoms with van der Waals surface area (Å²) < 4.78 is 2.06. The molecule has 0 spiro atoms. The van der Waals surface area contributed by atoms with E-state index in [0.717, 1.165) is 50.5 Å². The lowest BCUT2D eigenvalue weighted by molar-refractivity contribution is -0.113. The van der Waals surface area contributed by atoms with Gasteiger partial charge in [-0.15, -0.1) is 0 Å². The second kappa shape index (κ2) is 8.92. The van der Waals surface area contributed by atoms with E-state index in [1.807, 2.05) is 24.3 Å². The molecule has 28 heavy (non-hydrogen) atoms. The molecule has 1 aliphatic rings. The van der Waals surface area contributed by atoms with Crippen LogP contribution in [0.3, 0.4) is 0 Å². The number of allylic oxidation sites excluding steroid dienone is 2. The lowest BCUT2D eigenvalue weighted by Gasteiger charge is -2.37. The minimum Gasteiger partial charge on any atom is -0.289 e.